The third kappa shape index (κ3) is 3.07. The zero-order valence-corrected chi connectivity index (χ0v) is 13.0. The van der Waals surface area contributed by atoms with Crippen LogP contribution in [0.15, 0.2) is 30.3 Å². The van der Waals surface area contributed by atoms with E-state index < -0.39 is 5.60 Å². The second kappa shape index (κ2) is 5.98. The van der Waals surface area contributed by atoms with Gasteiger partial charge >= 0.3 is 0 Å². The monoisotopic (exact) mass is 319 g/mol. The molecule has 22 heavy (non-hydrogen) atoms. The van der Waals surface area contributed by atoms with E-state index in [1.54, 1.807) is 42.2 Å². The molecule has 3 heterocycles. The summed E-state index contributed by atoms with van der Waals surface area (Å²) in [6.07, 6.45) is 7.06. The van der Waals surface area contributed by atoms with Crippen LogP contribution in [0.2, 0.25) is 0 Å². The first kappa shape index (κ1) is 14.9. The fourth-order valence-electron chi connectivity index (χ4n) is 2.66. The molecule has 0 bridgehead atoms. The number of thiazole rings is 1. The van der Waals surface area contributed by atoms with E-state index in [2.05, 4.69) is 15.0 Å². The van der Waals surface area contributed by atoms with E-state index in [0.29, 0.717) is 24.4 Å². The molecule has 1 saturated heterocycles. The molecule has 1 amide bonds. The molecule has 0 spiro atoms. The Balaban J connectivity index is 1.64. The van der Waals surface area contributed by atoms with Crippen LogP contribution in [-0.4, -0.2) is 63.1 Å². The minimum absolute atomic E-state index is 0.117. The van der Waals surface area contributed by atoms with Gasteiger partial charge in [0.1, 0.15) is 16.3 Å². The van der Waals surface area contributed by atoms with Gasteiger partial charge in [-0.2, -0.15) is 0 Å². The second-order valence-corrected chi connectivity index (χ2v) is 6.37. The number of hydrogen-bond donors (Lipinski definition) is 1. The summed E-state index contributed by atoms with van der Waals surface area (Å²) in [4.78, 5) is 28.6. The Bertz CT molecular complexity index is 636. The number of likely N-dealkylation sites (N-methyl/N-ethyl adjacent to an activating group) is 1. The van der Waals surface area contributed by atoms with E-state index in [-0.39, 0.29) is 12.5 Å². The van der Waals surface area contributed by atoms with Crippen LogP contribution in [0, 0.1) is 0 Å². The van der Waals surface area contributed by atoms with E-state index in [1.165, 1.54) is 11.3 Å². The maximum Gasteiger partial charge on any atom is 0.265 e. The Hall–Kier alpha value is -2.06. The molecule has 0 aromatic carbocycles. The number of anilines is 1. The largest absolute Gasteiger partial charge is 0.386 e. The predicted octanol–water partition coefficient (Wildman–Crippen LogP) is 0.646. The highest BCUT2D eigenvalue weighted by atomic mass is 32.1. The molecule has 0 radical (unpaired) electrons. The van der Waals surface area contributed by atoms with Crippen LogP contribution in [0.5, 0.6) is 0 Å². The topological polar surface area (TPSA) is 82.5 Å². The van der Waals surface area contributed by atoms with Crippen LogP contribution in [0.1, 0.15) is 16.1 Å². The van der Waals surface area contributed by atoms with Gasteiger partial charge in [-0.15, -0.1) is 11.3 Å². The molecule has 3 rings (SSSR count). The van der Waals surface area contributed by atoms with Crippen LogP contribution in [0.3, 0.4) is 0 Å². The summed E-state index contributed by atoms with van der Waals surface area (Å²) in [6.45, 7) is 1.41. The van der Waals surface area contributed by atoms with E-state index in [0.717, 1.165) is 5.82 Å². The summed E-state index contributed by atoms with van der Waals surface area (Å²) in [7, 11) is 1.70. The van der Waals surface area contributed by atoms with Crippen molar-refractivity contribution in [2.45, 2.75) is 12.0 Å². The third-order valence-electron chi connectivity index (χ3n) is 3.73. The first-order valence-electron chi connectivity index (χ1n) is 6.95. The number of aromatic nitrogens is 3. The van der Waals surface area contributed by atoms with Gasteiger partial charge in [-0.3, -0.25) is 14.8 Å². The van der Waals surface area contributed by atoms with Crippen molar-refractivity contribution in [3.05, 3.63) is 35.2 Å². The van der Waals surface area contributed by atoms with Crippen LogP contribution in [0.25, 0.3) is 0 Å². The van der Waals surface area contributed by atoms with Crippen molar-refractivity contribution in [2.24, 2.45) is 0 Å². The van der Waals surface area contributed by atoms with Crippen LogP contribution in [0.4, 0.5) is 5.82 Å². The minimum Gasteiger partial charge on any atom is -0.386 e. The van der Waals surface area contributed by atoms with Crippen molar-refractivity contribution in [2.75, 3.05) is 31.6 Å². The molecule has 1 aliphatic heterocycles. The molecule has 1 atom stereocenters. The maximum absolute atomic E-state index is 12.2. The quantitative estimate of drug-likeness (QED) is 0.891. The Kier molecular flexibility index (Phi) is 4.04. The Morgan fingerprint density at radius 1 is 1.45 bits per heavy atom. The molecule has 1 fully saturated rings. The number of β-amino-alcohol motifs (C(OH)–C–C–N with tert-alkyl or cyclic N) is 1. The minimum atomic E-state index is -0.938. The normalized spacial score (nSPS) is 21.1. The standard InChI is InChI=1S/C14H17N5O2S/c1-18(13(20)11-6-16-10-22-11)8-14(21)2-5-19(9-14)12-7-15-3-4-17-12/h3-4,6-7,10,21H,2,5,8-9H2,1H3/t14-/m1/s1. The van der Waals surface area contributed by atoms with Crippen molar-refractivity contribution in [1.29, 1.82) is 0 Å². The molecule has 0 aliphatic carbocycles. The Morgan fingerprint density at radius 3 is 3.00 bits per heavy atom. The summed E-state index contributed by atoms with van der Waals surface area (Å²) < 4.78 is 0. The number of carbonyl (C=O) groups excluding carboxylic acids is 1. The smallest absolute Gasteiger partial charge is 0.265 e. The molecule has 0 unspecified atom stereocenters. The molecule has 1 N–H and O–H groups in total. The number of hydrogen-bond acceptors (Lipinski definition) is 7. The molecular formula is C14H17N5O2S. The Labute approximate surface area is 132 Å². The van der Waals surface area contributed by atoms with Gasteiger partial charge < -0.3 is 14.9 Å². The predicted molar refractivity (Wildman–Crippen MR) is 82.9 cm³/mol. The van der Waals surface area contributed by atoms with Crippen molar-refractivity contribution in [1.82, 2.24) is 19.9 Å². The maximum atomic E-state index is 12.2. The average Bonchev–Trinajstić information content (AvgIpc) is 3.17. The highest BCUT2D eigenvalue weighted by Crippen LogP contribution is 2.26. The second-order valence-electron chi connectivity index (χ2n) is 5.49. The molecule has 2 aromatic heterocycles. The summed E-state index contributed by atoms with van der Waals surface area (Å²) in [5.74, 6) is 0.628. The zero-order chi connectivity index (χ0) is 15.6. The molecule has 0 saturated carbocycles. The van der Waals surface area contributed by atoms with Gasteiger partial charge in [0.25, 0.3) is 5.91 Å². The van der Waals surface area contributed by atoms with Crippen molar-refractivity contribution in [3.63, 3.8) is 0 Å². The SMILES string of the molecule is CN(C[C@]1(O)CCN(c2cnccn2)C1)C(=O)c1cncs1. The molecule has 8 heteroatoms. The molecule has 116 valence electrons. The lowest BCUT2D eigenvalue weighted by Crippen LogP contribution is -2.45. The van der Waals surface area contributed by atoms with E-state index in [1.807, 2.05) is 4.90 Å². The van der Waals surface area contributed by atoms with Gasteiger partial charge in [0.05, 0.1) is 24.4 Å². The van der Waals surface area contributed by atoms with Gasteiger partial charge in [-0.25, -0.2) is 4.98 Å². The number of aliphatic hydroxyl groups is 1. The lowest BCUT2D eigenvalue weighted by atomic mass is 10.0. The zero-order valence-electron chi connectivity index (χ0n) is 12.2. The van der Waals surface area contributed by atoms with Crippen molar-refractivity contribution in [3.8, 4) is 0 Å². The number of carbonyl (C=O) groups is 1. The number of rotatable bonds is 4. The first-order chi connectivity index (χ1) is 10.6. The molecule has 2 aromatic rings. The fraction of sp³-hybridized carbons (Fsp3) is 0.429. The lowest BCUT2D eigenvalue weighted by molar-refractivity contribution is 0.0266. The lowest BCUT2D eigenvalue weighted by Gasteiger charge is -2.28. The number of nitrogens with zero attached hydrogens (tertiary/aromatic N) is 5. The summed E-state index contributed by atoms with van der Waals surface area (Å²) in [5.41, 5.74) is 0.688. The van der Waals surface area contributed by atoms with Crippen LogP contribution < -0.4 is 4.90 Å². The van der Waals surface area contributed by atoms with Crippen molar-refractivity contribution < 1.29 is 9.90 Å². The highest BCUT2D eigenvalue weighted by Gasteiger charge is 2.38. The third-order valence-corrected chi connectivity index (χ3v) is 4.49. The van der Waals surface area contributed by atoms with Crippen LogP contribution >= 0.6 is 11.3 Å². The summed E-state index contributed by atoms with van der Waals surface area (Å²) in [6, 6.07) is 0. The molecular weight excluding hydrogens is 302 g/mol. The Morgan fingerprint density at radius 2 is 2.32 bits per heavy atom. The van der Waals surface area contributed by atoms with E-state index >= 15 is 0 Å². The molecule has 7 nitrogen and oxygen atoms in total. The van der Waals surface area contributed by atoms with Gasteiger partial charge in [0, 0.05) is 32.5 Å². The van der Waals surface area contributed by atoms with Gasteiger partial charge in [0.15, 0.2) is 0 Å². The summed E-state index contributed by atoms with van der Waals surface area (Å²) in [5, 5.41) is 10.7. The summed E-state index contributed by atoms with van der Waals surface area (Å²) >= 11 is 1.30. The van der Waals surface area contributed by atoms with Gasteiger partial charge in [0.2, 0.25) is 0 Å². The van der Waals surface area contributed by atoms with E-state index in [4.69, 9.17) is 0 Å². The average molecular weight is 319 g/mol. The molecule has 1 aliphatic rings. The van der Waals surface area contributed by atoms with Gasteiger partial charge in [-0.05, 0) is 6.42 Å². The van der Waals surface area contributed by atoms with Gasteiger partial charge in [-0.1, -0.05) is 0 Å². The van der Waals surface area contributed by atoms with Crippen molar-refractivity contribution >= 4 is 23.1 Å². The van der Waals surface area contributed by atoms with Crippen LogP contribution in [-0.2, 0) is 0 Å². The van der Waals surface area contributed by atoms with E-state index in [9.17, 15) is 9.90 Å². The first-order valence-corrected chi connectivity index (χ1v) is 7.83. The number of amides is 1. The fourth-order valence-corrected chi connectivity index (χ4v) is 3.27. The highest BCUT2D eigenvalue weighted by molar-refractivity contribution is 7.11.